The van der Waals surface area contributed by atoms with Crippen molar-refractivity contribution < 1.29 is 17.9 Å². The molecular formula is C22H17ClN4O4S2. The molecule has 0 aliphatic heterocycles. The Hall–Kier alpha value is -3.47. The van der Waals surface area contributed by atoms with Crippen LogP contribution in [0.4, 0.5) is 10.8 Å². The molecule has 0 bridgehead atoms. The maximum atomic E-state index is 12.8. The molecule has 11 heteroatoms. The SMILES string of the molecule is COc1ccc(-c2nnc(NC(=O)c3cc(NS(=O)(=O)c4ccccc4)ccc3Cl)s2)cc1. The first kappa shape index (κ1) is 22.7. The zero-order valence-electron chi connectivity index (χ0n) is 17.2. The van der Waals surface area contributed by atoms with Crippen molar-refractivity contribution in [3.63, 3.8) is 0 Å². The predicted molar refractivity (Wildman–Crippen MR) is 129 cm³/mol. The molecule has 33 heavy (non-hydrogen) atoms. The van der Waals surface area contributed by atoms with Crippen molar-refractivity contribution in [2.45, 2.75) is 4.90 Å². The van der Waals surface area contributed by atoms with Crippen LogP contribution in [0.3, 0.4) is 0 Å². The van der Waals surface area contributed by atoms with E-state index in [0.717, 1.165) is 5.56 Å². The maximum absolute atomic E-state index is 12.8. The zero-order valence-corrected chi connectivity index (χ0v) is 19.5. The van der Waals surface area contributed by atoms with Crippen molar-refractivity contribution >= 4 is 49.7 Å². The Morgan fingerprint density at radius 2 is 1.73 bits per heavy atom. The molecule has 1 heterocycles. The number of aromatic nitrogens is 2. The van der Waals surface area contributed by atoms with Crippen molar-refractivity contribution in [3.8, 4) is 16.3 Å². The number of rotatable bonds is 7. The highest BCUT2D eigenvalue weighted by Gasteiger charge is 2.18. The van der Waals surface area contributed by atoms with Crippen LogP contribution in [0.5, 0.6) is 5.75 Å². The Morgan fingerprint density at radius 1 is 1.00 bits per heavy atom. The molecule has 2 N–H and O–H groups in total. The van der Waals surface area contributed by atoms with Gasteiger partial charge >= 0.3 is 0 Å². The van der Waals surface area contributed by atoms with Crippen molar-refractivity contribution in [2.75, 3.05) is 17.1 Å². The van der Waals surface area contributed by atoms with Crippen LogP contribution in [-0.4, -0.2) is 31.6 Å². The molecule has 0 saturated carbocycles. The zero-order chi connectivity index (χ0) is 23.4. The number of nitrogens with zero attached hydrogens (tertiary/aromatic N) is 2. The van der Waals surface area contributed by atoms with Crippen molar-refractivity contribution in [1.29, 1.82) is 0 Å². The summed E-state index contributed by atoms with van der Waals surface area (Å²) in [6, 6.07) is 19.5. The summed E-state index contributed by atoms with van der Waals surface area (Å²) in [5, 5.41) is 11.8. The molecule has 168 valence electrons. The van der Waals surface area contributed by atoms with Gasteiger partial charge < -0.3 is 4.74 Å². The molecule has 1 aromatic heterocycles. The van der Waals surface area contributed by atoms with Gasteiger partial charge in [-0.05, 0) is 54.6 Å². The standard InChI is InChI=1S/C22H17ClN4O4S2/c1-31-16-10-7-14(8-11-16)21-25-26-22(32-21)24-20(28)18-13-15(9-12-19(18)23)27-33(29,30)17-5-3-2-4-6-17/h2-13,27H,1H3,(H,24,26,28). The third-order valence-electron chi connectivity index (χ3n) is 4.50. The van der Waals surface area contributed by atoms with Gasteiger partial charge in [0.25, 0.3) is 15.9 Å². The molecule has 0 atom stereocenters. The van der Waals surface area contributed by atoms with E-state index >= 15 is 0 Å². The highest BCUT2D eigenvalue weighted by Crippen LogP contribution is 2.29. The third kappa shape index (κ3) is 5.30. The van der Waals surface area contributed by atoms with E-state index in [2.05, 4.69) is 20.2 Å². The molecule has 3 aromatic carbocycles. The number of anilines is 2. The number of amides is 1. The lowest BCUT2D eigenvalue weighted by Gasteiger charge is -2.10. The van der Waals surface area contributed by atoms with Gasteiger partial charge in [0.05, 0.1) is 22.6 Å². The first-order chi connectivity index (χ1) is 15.9. The minimum Gasteiger partial charge on any atom is -0.497 e. The van der Waals surface area contributed by atoms with Gasteiger partial charge in [0, 0.05) is 11.3 Å². The molecule has 0 unspecified atom stereocenters. The van der Waals surface area contributed by atoms with Gasteiger partial charge in [-0.3, -0.25) is 14.8 Å². The highest BCUT2D eigenvalue weighted by molar-refractivity contribution is 7.92. The van der Waals surface area contributed by atoms with Crippen LogP contribution in [0.25, 0.3) is 10.6 Å². The quantitative estimate of drug-likeness (QED) is 0.372. The van der Waals surface area contributed by atoms with Gasteiger partial charge in [0.1, 0.15) is 10.8 Å². The summed E-state index contributed by atoms with van der Waals surface area (Å²) in [4.78, 5) is 12.9. The first-order valence-electron chi connectivity index (χ1n) is 9.52. The number of halogens is 1. The van der Waals surface area contributed by atoms with Gasteiger partial charge in [-0.15, -0.1) is 10.2 Å². The van der Waals surface area contributed by atoms with Crippen LogP contribution >= 0.6 is 22.9 Å². The number of benzene rings is 3. The highest BCUT2D eigenvalue weighted by atomic mass is 35.5. The summed E-state index contributed by atoms with van der Waals surface area (Å²) in [6.45, 7) is 0. The Kier molecular flexibility index (Phi) is 6.59. The molecule has 1 amide bonds. The molecular weight excluding hydrogens is 484 g/mol. The molecule has 0 radical (unpaired) electrons. The lowest BCUT2D eigenvalue weighted by atomic mass is 10.2. The molecule has 0 spiro atoms. The lowest BCUT2D eigenvalue weighted by molar-refractivity contribution is 0.102. The van der Waals surface area contributed by atoms with E-state index in [-0.39, 0.29) is 26.3 Å². The number of carbonyl (C=O) groups excluding carboxylic acids is 1. The average Bonchev–Trinajstić information content (AvgIpc) is 3.29. The number of methoxy groups -OCH3 is 1. The number of hydrogen-bond acceptors (Lipinski definition) is 7. The smallest absolute Gasteiger partial charge is 0.261 e. The van der Waals surface area contributed by atoms with Crippen LogP contribution in [0.1, 0.15) is 10.4 Å². The monoisotopic (exact) mass is 500 g/mol. The molecule has 0 aliphatic rings. The summed E-state index contributed by atoms with van der Waals surface area (Å²) in [6.07, 6.45) is 0. The van der Waals surface area contributed by atoms with E-state index < -0.39 is 15.9 Å². The topological polar surface area (TPSA) is 110 Å². The van der Waals surface area contributed by atoms with Gasteiger partial charge in [-0.2, -0.15) is 0 Å². The molecule has 4 aromatic rings. The van der Waals surface area contributed by atoms with Crippen LogP contribution < -0.4 is 14.8 Å². The number of ether oxygens (including phenoxy) is 1. The molecule has 8 nitrogen and oxygen atoms in total. The van der Waals surface area contributed by atoms with Crippen molar-refractivity contribution in [1.82, 2.24) is 10.2 Å². The summed E-state index contributed by atoms with van der Waals surface area (Å²) in [5.41, 5.74) is 1.11. The van der Waals surface area contributed by atoms with Gasteiger partial charge in [-0.25, -0.2) is 8.42 Å². The van der Waals surface area contributed by atoms with Gasteiger partial charge in [0.15, 0.2) is 0 Å². The van der Waals surface area contributed by atoms with E-state index in [4.69, 9.17) is 16.3 Å². The number of sulfonamides is 1. The van der Waals surface area contributed by atoms with Crippen LogP contribution in [-0.2, 0) is 10.0 Å². The Bertz CT molecular complexity index is 1390. The van der Waals surface area contributed by atoms with Crippen molar-refractivity contribution in [2.24, 2.45) is 0 Å². The van der Waals surface area contributed by atoms with Crippen LogP contribution in [0.15, 0.2) is 77.7 Å². The fourth-order valence-electron chi connectivity index (χ4n) is 2.86. The van der Waals surface area contributed by atoms with Gasteiger partial charge in [-0.1, -0.05) is 41.1 Å². The summed E-state index contributed by atoms with van der Waals surface area (Å²) in [5.74, 6) is 0.174. The summed E-state index contributed by atoms with van der Waals surface area (Å²) < 4.78 is 32.7. The van der Waals surface area contributed by atoms with E-state index in [9.17, 15) is 13.2 Å². The average molecular weight is 501 g/mol. The Balaban J connectivity index is 1.51. The maximum Gasteiger partial charge on any atom is 0.261 e. The molecule has 4 rings (SSSR count). The number of hydrogen-bond donors (Lipinski definition) is 2. The summed E-state index contributed by atoms with van der Waals surface area (Å²) in [7, 11) is -2.23. The number of carbonyl (C=O) groups is 1. The Labute approximate surface area is 199 Å². The second-order valence-corrected chi connectivity index (χ2v) is 9.78. The minimum atomic E-state index is -3.81. The Morgan fingerprint density at radius 3 is 2.42 bits per heavy atom. The lowest BCUT2D eigenvalue weighted by Crippen LogP contribution is -2.15. The van der Waals surface area contributed by atoms with E-state index in [0.29, 0.717) is 10.8 Å². The largest absolute Gasteiger partial charge is 0.497 e. The molecule has 0 fully saturated rings. The van der Waals surface area contributed by atoms with E-state index in [1.807, 2.05) is 12.1 Å². The van der Waals surface area contributed by atoms with Gasteiger partial charge in [0.2, 0.25) is 5.13 Å². The molecule has 0 aliphatic carbocycles. The number of nitrogens with one attached hydrogen (secondary N) is 2. The van der Waals surface area contributed by atoms with Crippen molar-refractivity contribution in [3.05, 3.63) is 83.4 Å². The fourth-order valence-corrected chi connectivity index (χ4v) is 4.88. The van der Waals surface area contributed by atoms with Crippen LogP contribution in [0.2, 0.25) is 5.02 Å². The fraction of sp³-hybridized carbons (Fsp3) is 0.0455. The second-order valence-electron chi connectivity index (χ2n) is 6.71. The molecule has 0 saturated heterocycles. The van der Waals surface area contributed by atoms with E-state index in [1.54, 1.807) is 37.4 Å². The normalized spacial score (nSPS) is 11.1. The first-order valence-corrected chi connectivity index (χ1v) is 12.2. The third-order valence-corrected chi connectivity index (χ3v) is 7.11. The van der Waals surface area contributed by atoms with Crippen LogP contribution in [0, 0.1) is 0 Å². The second kappa shape index (κ2) is 9.57. The summed E-state index contributed by atoms with van der Waals surface area (Å²) >= 11 is 7.38. The minimum absolute atomic E-state index is 0.0890. The predicted octanol–water partition coefficient (Wildman–Crippen LogP) is 4.92. The van der Waals surface area contributed by atoms with E-state index in [1.165, 1.54) is 41.7 Å².